The van der Waals surface area contributed by atoms with E-state index in [1.165, 1.54) is 5.39 Å². The molecule has 0 saturated heterocycles. The van der Waals surface area contributed by atoms with E-state index < -0.39 is 6.04 Å². The highest BCUT2D eigenvalue weighted by molar-refractivity contribution is 5.84. The first-order chi connectivity index (χ1) is 14.0. The molecule has 0 spiro atoms. The van der Waals surface area contributed by atoms with E-state index in [1.54, 1.807) is 29.5 Å². The fourth-order valence-corrected chi connectivity index (χ4v) is 4.32. The molecule has 1 aliphatic rings. The summed E-state index contributed by atoms with van der Waals surface area (Å²) in [6.07, 6.45) is 0.602. The van der Waals surface area contributed by atoms with Crippen LogP contribution in [0.2, 0.25) is 0 Å². The second-order valence-electron chi connectivity index (χ2n) is 7.69. The van der Waals surface area contributed by atoms with Gasteiger partial charge in [0.1, 0.15) is 11.9 Å². The molecule has 144 valence electrons. The zero-order valence-electron chi connectivity index (χ0n) is 16.4. The van der Waals surface area contributed by atoms with Crippen molar-refractivity contribution in [2.45, 2.75) is 25.4 Å². The molecule has 0 N–H and O–H groups in total. The summed E-state index contributed by atoms with van der Waals surface area (Å²) in [5, 5.41) is 2.88. The van der Waals surface area contributed by atoms with Crippen LogP contribution in [0.5, 0.6) is 0 Å². The molecule has 2 heterocycles. The fraction of sp³-hybridized carbons (Fsp3) is 0.208. The number of fused-ring (bicyclic) bond motifs is 3. The van der Waals surface area contributed by atoms with Gasteiger partial charge in [-0.25, -0.2) is 4.98 Å². The maximum atomic E-state index is 13.2. The van der Waals surface area contributed by atoms with E-state index in [4.69, 9.17) is 4.98 Å². The van der Waals surface area contributed by atoms with E-state index in [1.807, 2.05) is 30.3 Å². The summed E-state index contributed by atoms with van der Waals surface area (Å²) >= 11 is 0. The minimum atomic E-state index is -0.563. The third-order valence-electron chi connectivity index (χ3n) is 5.94. The summed E-state index contributed by atoms with van der Waals surface area (Å²) in [7, 11) is 1.80. The molecule has 5 heteroatoms. The molecular formula is C24H21N3O2. The lowest BCUT2D eigenvalue weighted by Crippen LogP contribution is -2.48. The molecule has 4 aromatic rings. The Balaban J connectivity index is 1.67. The number of carbonyl (C=O) groups is 1. The van der Waals surface area contributed by atoms with Gasteiger partial charge >= 0.3 is 0 Å². The topological polar surface area (TPSA) is 55.2 Å². The summed E-state index contributed by atoms with van der Waals surface area (Å²) in [6, 6.07) is 21.0. The standard InChI is InChI=1S/C24H21N3O2/c1-15-23(28)26(2)21(14-16-11-12-17-7-3-4-8-18(17)13-16)22-25-20-10-6-5-9-19(20)24(29)27(15)22/h3-13,15,21H,14H2,1-2H3/t15-,21-/m0/s1. The van der Waals surface area contributed by atoms with Gasteiger partial charge in [0, 0.05) is 13.5 Å². The Morgan fingerprint density at radius 2 is 1.66 bits per heavy atom. The van der Waals surface area contributed by atoms with E-state index in [2.05, 4.69) is 30.3 Å². The Kier molecular flexibility index (Phi) is 3.98. The third kappa shape index (κ3) is 2.73. The lowest BCUT2D eigenvalue weighted by atomic mass is 9.98. The van der Waals surface area contributed by atoms with Gasteiger partial charge in [0.05, 0.1) is 16.9 Å². The van der Waals surface area contributed by atoms with Crippen LogP contribution in [0.3, 0.4) is 0 Å². The van der Waals surface area contributed by atoms with Crippen LogP contribution in [0.25, 0.3) is 21.7 Å². The molecular weight excluding hydrogens is 362 g/mol. The smallest absolute Gasteiger partial charge is 0.262 e. The molecule has 1 aliphatic heterocycles. The molecule has 2 atom stereocenters. The zero-order chi connectivity index (χ0) is 20.1. The highest BCUT2D eigenvalue weighted by Gasteiger charge is 2.37. The summed E-state index contributed by atoms with van der Waals surface area (Å²) in [6.45, 7) is 1.77. The van der Waals surface area contributed by atoms with E-state index in [-0.39, 0.29) is 17.5 Å². The van der Waals surface area contributed by atoms with Gasteiger partial charge in [0.2, 0.25) is 5.91 Å². The van der Waals surface area contributed by atoms with Gasteiger partial charge in [-0.3, -0.25) is 14.2 Å². The maximum Gasteiger partial charge on any atom is 0.262 e. The predicted molar refractivity (Wildman–Crippen MR) is 114 cm³/mol. The zero-order valence-corrected chi connectivity index (χ0v) is 16.4. The minimum absolute atomic E-state index is 0.0672. The van der Waals surface area contributed by atoms with Crippen LogP contribution >= 0.6 is 0 Å². The number of benzene rings is 3. The maximum absolute atomic E-state index is 13.2. The van der Waals surface area contributed by atoms with Gasteiger partial charge < -0.3 is 4.90 Å². The average Bonchev–Trinajstić information content (AvgIpc) is 2.75. The lowest BCUT2D eigenvalue weighted by molar-refractivity contribution is -0.137. The van der Waals surface area contributed by atoms with Crippen molar-refractivity contribution in [3.63, 3.8) is 0 Å². The van der Waals surface area contributed by atoms with Crippen molar-refractivity contribution in [1.29, 1.82) is 0 Å². The highest BCUT2D eigenvalue weighted by Crippen LogP contribution is 2.32. The van der Waals surface area contributed by atoms with Crippen LogP contribution in [-0.2, 0) is 11.2 Å². The van der Waals surface area contributed by atoms with Crippen molar-refractivity contribution in [3.8, 4) is 0 Å². The number of carbonyl (C=O) groups excluding carboxylic acids is 1. The number of amides is 1. The predicted octanol–water partition coefficient (Wildman–Crippen LogP) is 3.87. The number of hydrogen-bond acceptors (Lipinski definition) is 3. The Morgan fingerprint density at radius 1 is 0.931 bits per heavy atom. The van der Waals surface area contributed by atoms with Crippen molar-refractivity contribution in [1.82, 2.24) is 14.5 Å². The number of para-hydroxylation sites is 1. The Labute approximate surface area is 168 Å². The van der Waals surface area contributed by atoms with Gasteiger partial charge in [-0.2, -0.15) is 0 Å². The van der Waals surface area contributed by atoms with Crippen molar-refractivity contribution >= 4 is 27.6 Å². The molecule has 29 heavy (non-hydrogen) atoms. The number of nitrogens with zero attached hydrogens (tertiary/aromatic N) is 3. The molecule has 0 saturated carbocycles. The Morgan fingerprint density at radius 3 is 2.48 bits per heavy atom. The number of rotatable bonds is 2. The third-order valence-corrected chi connectivity index (χ3v) is 5.94. The lowest BCUT2D eigenvalue weighted by Gasteiger charge is -2.37. The summed E-state index contributed by atoms with van der Waals surface area (Å²) in [5.74, 6) is 0.582. The average molecular weight is 383 g/mol. The van der Waals surface area contributed by atoms with Crippen molar-refractivity contribution in [3.05, 3.63) is 88.5 Å². The van der Waals surface area contributed by atoms with E-state index in [0.717, 1.165) is 10.9 Å². The molecule has 0 fully saturated rings. The molecule has 0 bridgehead atoms. The first-order valence-electron chi connectivity index (χ1n) is 9.80. The van der Waals surface area contributed by atoms with Crippen LogP contribution in [0.4, 0.5) is 0 Å². The van der Waals surface area contributed by atoms with Crippen molar-refractivity contribution < 1.29 is 4.79 Å². The number of aromatic nitrogens is 2. The van der Waals surface area contributed by atoms with Gasteiger partial charge in [-0.1, -0.05) is 54.6 Å². The fourth-order valence-electron chi connectivity index (χ4n) is 4.32. The normalized spacial score (nSPS) is 19.0. The first kappa shape index (κ1) is 17.6. The molecule has 0 aliphatic carbocycles. The van der Waals surface area contributed by atoms with Crippen LogP contribution in [0.1, 0.15) is 30.4 Å². The number of likely N-dealkylation sites (N-methyl/N-ethyl adjacent to an activating group) is 1. The van der Waals surface area contributed by atoms with Gasteiger partial charge in [-0.05, 0) is 35.4 Å². The van der Waals surface area contributed by atoms with Gasteiger partial charge in [-0.15, -0.1) is 0 Å². The summed E-state index contributed by atoms with van der Waals surface area (Å²) in [4.78, 5) is 32.6. The first-order valence-corrected chi connectivity index (χ1v) is 9.80. The van der Waals surface area contributed by atoms with Crippen molar-refractivity contribution in [2.24, 2.45) is 0 Å². The molecule has 1 amide bonds. The monoisotopic (exact) mass is 383 g/mol. The number of hydrogen-bond donors (Lipinski definition) is 0. The van der Waals surface area contributed by atoms with E-state index in [9.17, 15) is 9.59 Å². The van der Waals surface area contributed by atoms with E-state index in [0.29, 0.717) is 23.1 Å². The van der Waals surface area contributed by atoms with Crippen LogP contribution in [-0.4, -0.2) is 27.4 Å². The van der Waals surface area contributed by atoms with E-state index >= 15 is 0 Å². The van der Waals surface area contributed by atoms with Crippen molar-refractivity contribution in [2.75, 3.05) is 7.05 Å². The highest BCUT2D eigenvalue weighted by atomic mass is 16.2. The Bertz CT molecular complexity index is 1320. The van der Waals surface area contributed by atoms with Crippen LogP contribution in [0, 0.1) is 0 Å². The molecule has 1 aromatic heterocycles. The molecule has 3 aromatic carbocycles. The van der Waals surface area contributed by atoms with Gasteiger partial charge in [0.25, 0.3) is 5.56 Å². The SMILES string of the molecule is C[C@H]1C(=O)N(C)[C@@H](Cc2ccc3ccccc3c2)c2nc3ccccc3c(=O)n21. The second kappa shape index (κ2) is 6.55. The van der Waals surface area contributed by atoms with Crippen LogP contribution < -0.4 is 5.56 Å². The van der Waals surface area contributed by atoms with Gasteiger partial charge in [0.15, 0.2) is 0 Å². The minimum Gasteiger partial charge on any atom is -0.333 e. The van der Waals surface area contributed by atoms with Crippen LogP contribution in [0.15, 0.2) is 71.5 Å². The summed E-state index contributed by atoms with van der Waals surface area (Å²) in [5.41, 5.74) is 1.63. The summed E-state index contributed by atoms with van der Waals surface area (Å²) < 4.78 is 1.58. The molecule has 5 nitrogen and oxygen atoms in total. The largest absolute Gasteiger partial charge is 0.333 e. The quantitative estimate of drug-likeness (QED) is 0.528. The molecule has 0 unspecified atom stereocenters. The molecule has 5 rings (SSSR count). The Hall–Kier alpha value is -3.47. The second-order valence-corrected chi connectivity index (χ2v) is 7.69. The molecule has 0 radical (unpaired) electrons.